The summed E-state index contributed by atoms with van der Waals surface area (Å²) in [5.41, 5.74) is 7.08. The fourth-order valence-electron chi connectivity index (χ4n) is 2.07. The van der Waals surface area contributed by atoms with Gasteiger partial charge in [-0.15, -0.1) is 0 Å². The van der Waals surface area contributed by atoms with E-state index in [9.17, 15) is 4.79 Å². The van der Waals surface area contributed by atoms with Crippen molar-refractivity contribution in [1.29, 1.82) is 5.26 Å². The van der Waals surface area contributed by atoms with Crippen LogP contribution in [0.1, 0.15) is 5.56 Å². The first-order valence-corrected chi connectivity index (χ1v) is 6.80. The Labute approximate surface area is 132 Å². The van der Waals surface area contributed by atoms with Gasteiger partial charge in [0, 0.05) is 11.8 Å². The Morgan fingerprint density at radius 2 is 1.87 bits per heavy atom. The van der Waals surface area contributed by atoms with Crippen molar-refractivity contribution in [3.05, 3.63) is 66.4 Å². The molecule has 2 aromatic carbocycles. The highest BCUT2D eigenvalue weighted by Crippen LogP contribution is 2.27. The maximum Gasteiger partial charge on any atom is 0.339 e. The lowest BCUT2D eigenvalue weighted by Gasteiger charge is -2.07. The Morgan fingerprint density at radius 1 is 1.13 bits per heavy atom. The van der Waals surface area contributed by atoms with Gasteiger partial charge in [-0.25, -0.2) is 4.79 Å². The number of hydrogen-bond acceptors (Lipinski definition) is 4. The third-order valence-corrected chi connectivity index (χ3v) is 3.20. The number of carbonyl (C=O) groups is 1. The van der Waals surface area contributed by atoms with E-state index < -0.39 is 6.03 Å². The molecule has 0 saturated carbocycles. The van der Waals surface area contributed by atoms with Gasteiger partial charge in [-0.05, 0) is 42.5 Å². The molecule has 2 N–H and O–H groups in total. The molecule has 112 valence electrons. The van der Waals surface area contributed by atoms with Crippen LogP contribution in [0.4, 0.5) is 4.79 Å². The Morgan fingerprint density at radius 3 is 2.52 bits per heavy atom. The number of hydrogen-bond donors (Lipinski definition) is 1. The highest BCUT2D eigenvalue weighted by molar-refractivity contribution is 5.74. The van der Waals surface area contributed by atoms with Crippen LogP contribution in [0.15, 0.2) is 60.8 Å². The van der Waals surface area contributed by atoms with E-state index in [0.717, 1.165) is 10.2 Å². The highest BCUT2D eigenvalue weighted by Gasteiger charge is 2.07. The number of nitrogens with zero attached hydrogens (tertiary/aromatic N) is 3. The Balaban J connectivity index is 1.82. The van der Waals surface area contributed by atoms with Crippen LogP contribution in [0.25, 0.3) is 11.3 Å². The van der Waals surface area contributed by atoms with Gasteiger partial charge in [0.05, 0.1) is 11.3 Å². The van der Waals surface area contributed by atoms with E-state index in [2.05, 4.69) is 11.2 Å². The van der Waals surface area contributed by atoms with Gasteiger partial charge in [-0.2, -0.15) is 15.0 Å². The number of nitriles is 1. The zero-order valence-electron chi connectivity index (χ0n) is 12.0. The molecule has 0 fully saturated rings. The normalized spacial score (nSPS) is 10.0. The first-order valence-electron chi connectivity index (χ1n) is 6.80. The molecule has 1 amide bonds. The molecule has 0 bridgehead atoms. The number of amides is 1. The molecule has 0 radical (unpaired) electrons. The van der Waals surface area contributed by atoms with Crippen LogP contribution in [0.2, 0.25) is 0 Å². The molecule has 0 unspecified atom stereocenters. The maximum atomic E-state index is 11.0. The van der Waals surface area contributed by atoms with Crippen molar-refractivity contribution in [2.24, 2.45) is 5.73 Å². The summed E-state index contributed by atoms with van der Waals surface area (Å²) in [5.74, 6) is 1.10. The summed E-state index contributed by atoms with van der Waals surface area (Å²) in [5, 5.41) is 13.1. The van der Waals surface area contributed by atoms with Crippen molar-refractivity contribution in [2.45, 2.75) is 0 Å². The Hall–Kier alpha value is -3.59. The number of para-hydroxylation sites is 1. The van der Waals surface area contributed by atoms with Crippen LogP contribution in [0.5, 0.6) is 11.5 Å². The number of nitrogens with two attached hydrogens (primary N) is 1. The van der Waals surface area contributed by atoms with Gasteiger partial charge in [-0.3, -0.25) is 0 Å². The number of primary amides is 1. The predicted molar refractivity (Wildman–Crippen MR) is 83.9 cm³/mol. The van der Waals surface area contributed by atoms with Crippen molar-refractivity contribution in [3.8, 4) is 28.8 Å². The molecule has 6 nitrogen and oxygen atoms in total. The molecule has 3 aromatic rings. The standard InChI is InChI=1S/C17H12N4O2/c18-11-13-3-1-2-4-16(13)23-14-7-5-12(6-8-14)15-9-10-21(20-15)17(19)22/h1-10H,(H2,19,22). The van der Waals surface area contributed by atoms with Crippen LogP contribution in [-0.2, 0) is 0 Å². The topological polar surface area (TPSA) is 93.9 Å². The van der Waals surface area contributed by atoms with Gasteiger partial charge >= 0.3 is 6.03 Å². The van der Waals surface area contributed by atoms with Gasteiger partial charge in [0.15, 0.2) is 0 Å². The molecule has 1 aromatic heterocycles. The molecule has 23 heavy (non-hydrogen) atoms. The van der Waals surface area contributed by atoms with E-state index in [1.807, 2.05) is 12.1 Å². The van der Waals surface area contributed by atoms with Gasteiger partial charge in [0.2, 0.25) is 0 Å². The minimum Gasteiger partial charge on any atom is -0.456 e. The van der Waals surface area contributed by atoms with Crippen molar-refractivity contribution < 1.29 is 9.53 Å². The van der Waals surface area contributed by atoms with E-state index in [1.54, 1.807) is 42.5 Å². The molecular weight excluding hydrogens is 292 g/mol. The summed E-state index contributed by atoms with van der Waals surface area (Å²) in [4.78, 5) is 11.0. The number of ether oxygens (including phenoxy) is 1. The Bertz CT molecular complexity index is 891. The monoisotopic (exact) mass is 304 g/mol. The first kappa shape index (κ1) is 14.4. The summed E-state index contributed by atoms with van der Waals surface area (Å²) in [6.07, 6.45) is 1.51. The second-order valence-electron chi connectivity index (χ2n) is 4.72. The predicted octanol–water partition coefficient (Wildman–Crippen LogP) is 3.14. The molecule has 0 aliphatic heterocycles. The Kier molecular flexibility index (Phi) is 3.77. The van der Waals surface area contributed by atoms with Crippen LogP contribution in [0, 0.1) is 11.3 Å². The average molecular weight is 304 g/mol. The minimum atomic E-state index is -0.635. The van der Waals surface area contributed by atoms with Gasteiger partial charge in [0.25, 0.3) is 0 Å². The van der Waals surface area contributed by atoms with E-state index in [1.165, 1.54) is 6.20 Å². The van der Waals surface area contributed by atoms with Crippen molar-refractivity contribution in [1.82, 2.24) is 9.78 Å². The molecule has 0 aliphatic carbocycles. The molecule has 0 spiro atoms. The zero-order valence-corrected chi connectivity index (χ0v) is 12.0. The number of carbonyl (C=O) groups excluding carboxylic acids is 1. The number of aromatic nitrogens is 2. The molecular formula is C17H12N4O2. The number of benzene rings is 2. The summed E-state index contributed by atoms with van der Waals surface area (Å²) in [7, 11) is 0. The first-order chi connectivity index (χ1) is 11.2. The summed E-state index contributed by atoms with van der Waals surface area (Å²) < 4.78 is 6.78. The fraction of sp³-hybridized carbons (Fsp3) is 0. The zero-order chi connectivity index (χ0) is 16.2. The highest BCUT2D eigenvalue weighted by atomic mass is 16.5. The summed E-state index contributed by atoms with van der Waals surface area (Å²) >= 11 is 0. The molecule has 0 atom stereocenters. The molecule has 3 rings (SSSR count). The average Bonchev–Trinajstić information content (AvgIpc) is 3.06. The lowest BCUT2D eigenvalue weighted by atomic mass is 10.1. The van der Waals surface area contributed by atoms with Gasteiger partial charge in [-0.1, -0.05) is 12.1 Å². The van der Waals surface area contributed by atoms with Crippen molar-refractivity contribution in [3.63, 3.8) is 0 Å². The van der Waals surface area contributed by atoms with E-state index in [4.69, 9.17) is 15.7 Å². The van der Waals surface area contributed by atoms with E-state index in [0.29, 0.717) is 22.8 Å². The quantitative estimate of drug-likeness (QED) is 0.804. The van der Waals surface area contributed by atoms with Crippen LogP contribution >= 0.6 is 0 Å². The second kappa shape index (κ2) is 6.03. The van der Waals surface area contributed by atoms with E-state index in [-0.39, 0.29) is 0 Å². The second-order valence-corrected chi connectivity index (χ2v) is 4.72. The van der Waals surface area contributed by atoms with Crippen LogP contribution in [-0.4, -0.2) is 15.8 Å². The minimum absolute atomic E-state index is 0.469. The molecule has 1 heterocycles. The van der Waals surface area contributed by atoms with Crippen LogP contribution < -0.4 is 10.5 Å². The third-order valence-electron chi connectivity index (χ3n) is 3.20. The van der Waals surface area contributed by atoms with Crippen molar-refractivity contribution in [2.75, 3.05) is 0 Å². The summed E-state index contributed by atoms with van der Waals surface area (Å²) in [6.45, 7) is 0. The smallest absolute Gasteiger partial charge is 0.339 e. The third kappa shape index (κ3) is 3.04. The van der Waals surface area contributed by atoms with Gasteiger partial charge in [0.1, 0.15) is 17.6 Å². The lowest BCUT2D eigenvalue weighted by molar-refractivity contribution is 0.248. The molecule has 0 aliphatic rings. The summed E-state index contributed by atoms with van der Waals surface area (Å²) in [6, 6.07) is 17.3. The maximum absolute atomic E-state index is 11.0. The number of rotatable bonds is 3. The van der Waals surface area contributed by atoms with Crippen LogP contribution in [0.3, 0.4) is 0 Å². The SMILES string of the molecule is N#Cc1ccccc1Oc1ccc(-c2ccn(C(N)=O)n2)cc1. The lowest BCUT2D eigenvalue weighted by Crippen LogP contribution is -2.19. The fourth-order valence-corrected chi connectivity index (χ4v) is 2.07. The van der Waals surface area contributed by atoms with Gasteiger partial charge < -0.3 is 10.5 Å². The molecule has 0 saturated heterocycles. The van der Waals surface area contributed by atoms with E-state index >= 15 is 0 Å². The molecule has 6 heteroatoms. The largest absolute Gasteiger partial charge is 0.456 e. The van der Waals surface area contributed by atoms with Crippen molar-refractivity contribution >= 4 is 6.03 Å².